The molecule has 3 heteroatoms. The first-order chi connectivity index (χ1) is 6.36. The monoisotopic (exact) mass is 184 g/mol. The number of hydroxylamine groups is 2. The average molecular weight is 184 g/mol. The molecular weight excluding hydrogens is 164 g/mol. The van der Waals surface area contributed by atoms with Crippen molar-refractivity contribution < 1.29 is 4.84 Å². The van der Waals surface area contributed by atoms with Crippen molar-refractivity contribution in [2.45, 2.75) is 50.6 Å². The number of hydrogen-bond acceptors (Lipinski definition) is 3. The fourth-order valence-corrected chi connectivity index (χ4v) is 2.29. The van der Waals surface area contributed by atoms with Crippen molar-refractivity contribution in [3.8, 4) is 0 Å². The number of nitrogens with two attached hydrogens (primary N) is 1. The Hall–Kier alpha value is -0.120. The van der Waals surface area contributed by atoms with E-state index < -0.39 is 0 Å². The van der Waals surface area contributed by atoms with Crippen molar-refractivity contribution in [1.29, 1.82) is 0 Å². The smallest absolute Gasteiger partial charge is 0.0685 e. The lowest BCUT2D eigenvalue weighted by Crippen LogP contribution is -2.43. The second-order valence-corrected chi connectivity index (χ2v) is 4.25. The molecule has 0 aromatic carbocycles. The van der Waals surface area contributed by atoms with E-state index in [1.807, 2.05) is 0 Å². The van der Waals surface area contributed by atoms with Gasteiger partial charge in [0.15, 0.2) is 0 Å². The van der Waals surface area contributed by atoms with Crippen molar-refractivity contribution in [3.63, 3.8) is 0 Å². The van der Waals surface area contributed by atoms with Crippen LogP contribution in [0.15, 0.2) is 0 Å². The first kappa shape index (κ1) is 9.44. The molecule has 1 saturated heterocycles. The molecule has 76 valence electrons. The van der Waals surface area contributed by atoms with E-state index in [0.717, 1.165) is 13.2 Å². The highest BCUT2D eigenvalue weighted by molar-refractivity contribution is 4.78. The lowest BCUT2D eigenvalue weighted by atomic mass is 9.91. The quantitative estimate of drug-likeness (QED) is 0.667. The van der Waals surface area contributed by atoms with E-state index in [9.17, 15) is 0 Å². The van der Waals surface area contributed by atoms with Gasteiger partial charge in [0.1, 0.15) is 0 Å². The summed E-state index contributed by atoms with van der Waals surface area (Å²) in [6, 6.07) is 1.10. The van der Waals surface area contributed by atoms with E-state index in [0.29, 0.717) is 12.1 Å². The maximum atomic E-state index is 5.87. The van der Waals surface area contributed by atoms with E-state index in [1.165, 1.54) is 38.5 Å². The van der Waals surface area contributed by atoms with Crippen molar-refractivity contribution >= 4 is 0 Å². The maximum absolute atomic E-state index is 5.87. The van der Waals surface area contributed by atoms with Crippen LogP contribution in [0.2, 0.25) is 0 Å². The summed E-state index contributed by atoms with van der Waals surface area (Å²) < 4.78 is 0. The number of nitrogens with zero attached hydrogens (tertiary/aromatic N) is 1. The minimum Gasteiger partial charge on any atom is -0.328 e. The van der Waals surface area contributed by atoms with Gasteiger partial charge in [0, 0.05) is 18.6 Å². The van der Waals surface area contributed by atoms with Gasteiger partial charge in [0.05, 0.1) is 6.61 Å². The van der Waals surface area contributed by atoms with Gasteiger partial charge in [-0.15, -0.1) is 0 Å². The molecule has 0 aromatic rings. The van der Waals surface area contributed by atoms with Crippen LogP contribution < -0.4 is 5.73 Å². The van der Waals surface area contributed by atoms with E-state index in [-0.39, 0.29) is 0 Å². The van der Waals surface area contributed by atoms with Crippen LogP contribution >= 0.6 is 0 Å². The summed E-state index contributed by atoms with van der Waals surface area (Å²) >= 11 is 0. The Bertz CT molecular complexity index is 149. The Morgan fingerprint density at radius 2 is 1.85 bits per heavy atom. The van der Waals surface area contributed by atoms with Crippen LogP contribution in [0.5, 0.6) is 0 Å². The summed E-state index contributed by atoms with van der Waals surface area (Å²) in [6.07, 6.45) is 7.31. The third-order valence-electron chi connectivity index (χ3n) is 3.18. The zero-order chi connectivity index (χ0) is 9.10. The van der Waals surface area contributed by atoms with E-state index in [2.05, 4.69) is 5.06 Å². The molecule has 13 heavy (non-hydrogen) atoms. The van der Waals surface area contributed by atoms with E-state index in [1.54, 1.807) is 0 Å². The van der Waals surface area contributed by atoms with Crippen molar-refractivity contribution in [1.82, 2.24) is 5.06 Å². The molecular formula is C10H20N2O. The summed E-state index contributed by atoms with van der Waals surface area (Å²) in [5.74, 6) is 0. The Morgan fingerprint density at radius 3 is 2.46 bits per heavy atom. The lowest BCUT2D eigenvalue weighted by molar-refractivity contribution is -0.211. The van der Waals surface area contributed by atoms with Crippen LogP contribution in [0.3, 0.4) is 0 Å². The molecule has 2 aliphatic rings. The summed E-state index contributed by atoms with van der Waals surface area (Å²) in [5.41, 5.74) is 5.87. The molecule has 0 spiro atoms. The third kappa shape index (κ3) is 2.42. The van der Waals surface area contributed by atoms with Gasteiger partial charge < -0.3 is 5.73 Å². The fraction of sp³-hybridized carbons (Fsp3) is 1.00. The molecule has 1 aliphatic heterocycles. The van der Waals surface area contributed by atoms with Crippen LogP contribution in [0.1, 0.15) is 38.5 Å². The molecule has 0 aromatic heterocycles. The maximum Gasteiger partial charge on any atom is 0.0685 e. The third-order valence-corrected chi connectivity index (χ3v) is 3.18. The summed E-state index contributed by atoms with van der Waals surface area (Å²) in [7, 11) is 0. The van der Waals surface area contributed by atoms with Gasteiger partial charge in [-0.3, -0.25) is 4.84 Å². The first-order valence-corrected chi connectivity index (χ1v) is 5.51. The largest absolute Gasteiger partial charge is 0.328 e. The minimum atomic E-state index is 0.445. The normalized spacial score (nSPS) is 37.6. The van der Waals surface area contributed by atoms with Gasteiger partial charge in [-0.25, -0.2) is 0 Å². The predicted octanol–water partition coefficient (Wildman–Crippen LogP) is 1.28. The van der Waals surface area contributed by atoms with Gasteiger partial charge >= 0.3 is 0 Å². The molecule has 0 atom stereocenters. The summed E-state index contributed by atoms with van der Waals surface area (Å²) in [6.45, 7) is 2.04. The van der Waals surface area contributed by atoms with Crippen LogP contribution in [-0.4, -0.2) is 30.3 Å². The van der Waals surface area contributed by atoms with Crippen LogP contribution in [0, 0.1) is 0 Å². The van der Waals surface area contributed by atoms with Gasteiger partial charge in [0.25, 0.3) is 0 Å². The highest BCUT2D eigenvalue weighted by atomic mass is 16.7. The second-order valence-electron chi connectivity index (χ2n) is 4.25. The second kappa shape index (κ2) is 4.40. The van der Waals surface area contributed by atoms with E-state index in [4.69, 9.17) is 10.6 Å². The van der Waals surface area contributed by atoms with Gasteiger partial charge in [-0.2, -0.15) is 5.06 Å². The Balaban J connectivity index is 1.79. The van der Waals surface area contributed by atoms with Gasteiger partial charge in [-0.05, 0) is 38.5 Å². The zero-order valence-corrected chi connectivity index (χ0v) is 8.24. The summed E-state index contributed by atoms with van der Waals surface area (Å²) in [5, 5.41) is 2.20. The fourth-order valence-electron chi connectivity index (χ4n) is 2.29. The molecule has 2 N–H and O–H groups in total. The SMILES string of the molecule is NC1CCC(N2CCCCO2)CC1. The molecule has 0 radical (unpaired) electrons. The molecule has 0 bridgehead atoms. The number of hydrogen-bond donors (Lipinski definition) is 1. The molecule has 2 fully saturated rings. The summed E-state index contributed by atoms with van der Waals surface area (Å²) in [4.78, 5) is 5.65. The minimum absolute atomic E-state index is 0.445. The highest BCUT2D eigenvalue weighted by Crippen LogP contribution is 2.24. The predicted molar refractivity (Wildman–Crippen MR) is 52.1 cm³/mol. The molecule has 1 saturated carbocycles. The topological polar surface area (TPSA) is 38.5 Å². The van der Waals surface area contributed by atoms with Gasteiger partial charge in [-0.1, -0.05) is 0 Å². The highest BCUT2D eigenvalue weighted by Gasteiger charge is 2.25. The molecule has 0 amide bonds. The van der Waals surface area contributed by atoms with Crippen LogP contribution in [-0.2, 0) is 4.84 Å². The zero-order valence-electron chi connectivity index (χ0n) is 8.24. The molecule has 3 nitrogen and oxygen atoms in total. The lowest BCUT2D eigenvalue weighted by Gasteiger charge is -2.37. The Labute approximate surface area is 80.2 Å². The molecule has 1 aliphatic carbocycles. The van der Waals surface area contributed by atoms with Crippen molar-refractivity contribution in [2.75, 3.05) is 13.2 Å². The average Bonchev–Trinajstić information content (AvgIpc) is 2.20. The van der Waals surface area contributed by atoms with Crippen molar-refractivity contribution in [3.05, 3.63) is 0 Å². The molecule has 2 rings (SSSR count). The van der Waals surface area contributed by atoms with E-state index >= 15 is 0 Å². The first-order valence-electron chi connectivity index (χ1n) is 5.51. The van der Waals surface area contributed by atoms with Gasteiger partial charge in [0.2, 0.25) is 0 Å². The van der Waals surface area contributed by atoms with Crippen LogP contribution in [0.4, 0.5) is 0 Å². The standard InChI is InChI=1S/C10H20N2O/c11-9-3-5-10(6-4-9)12-7-1-2-8-13-12/h9-10H,1-8,11H2. The Morgan fingerprint density at radius 1 is 1.08 bits per heavy atom. The van der Waals surface area contributed by atoms with Crippen LogP contribution in [0.25, 0.3) is 0 Å². The molecule has 0 unspecified atom stereocenters. The Kier molecular flexibility index (Phi) is 3.19. The van der Waals surface area contributed by atoms with Crippen molar-refractivity contribution in [2.24, 2.45) is 5.73 Å². The number of rotatable bonds is 1. The molecule has 1 heterocycles.